The Kier molecular flexibility index (Phi) is 3.39. The second-order valence-electron chi connectivity index (χ2n) is 6.77. The molecule has 4 nitrogen and oxygen atoms in total. The highest BCUT2D eigenvalue weighted by molar-refractivity contribution is 6.07. The van der Waals surface area contributed by atoms with Crippen LogP contribution in [0, 0.1) is 5.92 Å². The lowest BCUT2D eigenvalue weighted by atomic mass is 9.76. The lowest BCUT2D eigenvalue weighted by Gasteiger charge is -2.31. The maximum Gasteiger partial charge on any atom is 0.254 e. The maximum atomic E-state index is 12.2. The molecule has 0 spiro atoms. The Labute approximate surface area is 110 Å². The predicted molar refractivity (Wildman–Crippen MR) is 73.4 cm³/mol. The normalized spacial score (nSPS) is 30.0. The van der Waals surface area contributed by atoms with Crippen LogP contribution in [0.25, 0.3) is 0 Å². The fraction of sp³-hybridized carbons (Fsp3) is 0.857. The van der Waals surface area contributed by atoms with Gasteiger partial charge in [0.05, 0.1) is 0 Å². The Morgan fingerprint density at radius 2 is 1.89 bits per heavy atom. The van der Waals surface area contributed by atoms with Crippen molar-refractivity contribution in [3.05, 3.63) is 0 Å². The zero-order valence-electron chi connectivity index (χ0n) is 12.0. The second kappa shape index (κ2) is 4.56. The molecule has 18 heavy (non-hydrogen) atoms. The number of hydrogen-bond acceptors (Lipinski definition) is 3. The van der Waals surface area contributed by atoms with Gasteiger partial charge in [-0.25, -0.2) is 4.99 Å². The minimum atomic E-state index is -0.562. The van der Waals surface area contributed by atoms with Crippen LogP contribution in [0.1, 0.15) is 59.8 Å². The third-order valence-electron chi connectivity index (χ3n) is 3.93. The number of carbonyl (C=O) groups excluding carboxylic acids is 1. The van der Waals surface area contributed by atoms with Crippen LogP contribution in [0.5, 0.6) is 0 Å². The third-order valence-corrected chi connectivity index (χ3v) is 3.93. The number of nitrogens with one attached hydrogen (secondary N) is 2. The van der Waals surface area contributed by atoms with Crippen molar-refractivity contribution in [3.63, 3.8) is 0 Å². The van der Waals surface area contributed by atoms with Crippen molar-refractivity contribution >= 4 is 11.9 Å². The summed E-state index contributed by atoms with van der Waals surface area (Å²) in [6.07, 6.45) is 5.99. The molecule has 2 N–H and O–H groups in total. The molecule has 1 amide bonds. The van der Waals surface area contributed by atoms with Crippen LogP contribution in [0.4, 0.5) is 0 Å². The van der Waals surface area contributed by atoms with Gasteiger partial charge < -0.3 is 5.32 Å². The molecule has 0 aromatic heterocycles. The van der Waals surface area contributed by atoms with Gasteiger partial charge in [0.15, 0.2) is 5.96 Å². The van der Waals surface area contributed by atoms with Crippen molar-refractivity contribution in [1.29, 1.82) is 0 Å². The monoisotopic (exact) mass is 251 g/mol. The number of rotatable bonds is 1. The molecule has 1 aliphatic heterocycles. The second-order valence-corrected chi connectivity index (χ2v) is 6.77. The molecule has 4 heteroatoms. The first-order chi connectivity index (χ1) is 8.31. The molecular weight excluding hydrogens is 226 g/mol. The van der Waals surface area contributed by atoms with E-state index >= 15 is 0 Å². The van der Waals surface area contributed by atoms with Gasteiger partial charge in [-0.3, -0.25) is 10.1 Å². The van der Waals surface area contributed by atoms with Gasteiger partial charge in [0.2, 0.25) is 0 Å². The van der Waals surface area contributed by atoms with Gasteiger partial charge in [0, 0.05) is 5.54 Å². The number of hydrogen-bond donors (Lipinski definition) is 2. The molecule has 102 valence electrons. The Morgan fingerprint density at radius 1 is 1.28 bits per heavy atom. The summed E-state index contributed by atoms with van der Waals surface area (Å²) < 4.78 is 0. The van der Waals surface area contributed by atoms with Gasteiger partial charge in [0.25, 0.3) is 5.91 Å². The molecule has 1 aliphatic carbocycles. The lowest BCUT2D eigenvalue weighted by molar-refractivity contribution is -0.125. The van der Waals surface area contributed by atoms with E-state index in [1.54, 1.807) is 0 Å². The lowest BCUT2D eigenvalue weighted by Crippen LogP contribution is -2.48. The van der Waals surface area contributed by atoms with Crippen LogP contribution in [0.3, 0.4) is 0 Å². The van der Waals surface area contributed by atoms with Crippen molar-refractivity contribution in [2.45, 2.75) is 70.9 Å². The molecule has 0 aromatic carbocycles. The van der Waals surface area contributed by atoms with Gasteiger partial charge in [-0.2, -0.15) is 0 Å². The van der Waals surface area contributed by atoms with Crippen LogP contribution in [-0.2, 0) is 4.79 Å². The summed E-state index contributed by atoms with van der Waals surface area (Å²) in [6.45, 7) is 8.18. The summed E-state index contributed by atoms with van der Waals surface area (Å²) in [5.74, 6) is 1.09. The highest BCUT2D eigenvalue weighted by Crippen LogP contribution is 2.36. The maximum absolute atomic E-state index is 12.2. The van der Waals surface area contributed by atoms with Crippen LogP contribution in [0.2, 0.25) is 0 Å². The molecule has 1 unspecified atom stereocenters. The number of amides is 1. The van der Waals surface area contributed by atoms with Crippen molar-refractivity contribution in [2.75, 3.05) is 0 Å². The first-order valence-corrected chi connectivity index (χ1v) is 7.01. The molecule has 1 fully saturated rings. The minimum absolute atomic E-state index is 0.0566. The van der Waals surface area contributed by atoms with Crippen molar-refractivity contribution in [2.24, 2.45) is 10.9 Å². The molecule has 0 radical (unpaired) electrons. The van der Waals surface area contributed by atoms with Crippen LogP contribution < -0.4 is 10.6 Å². The zero-order valence-corrected chi connectivity index (χ0v) is 12.0. The fourth-order valence-electron chi connectivity index (χ4n) is 2.90. The molecule has 0 saturated heterocycles. The summed E-state index contributed by atoms with van der Waals surface area (Å²) in [6, 6.07) is 0. The van der Waals surface area contributed by atoms with Gasteiger partial charge in [-0.15, -0.1) is 0 Å². The summed E-state index contributed by atoms with van der Waals surface area (Å²) in [4.78, 5) is 16.9. The number of carbonyl (C=O) groups is 1. The standard InChI is InChI=1S/C14H25N3O/c1-13(2,3)16-12-15-11(18)14(4,17-12)10-8-6-5-7-9-10/h10H,5-9H2,1-4H3,(H2,15,16,17,18). The highest BCUT2D eigenvalue weighted by Gasteiger charge is 2.46. The van der Waals surface area contributed by atoms with Gasteiger partial charge in [-0.05, 0) is 46.5 Å². The van der Waals surface area contributed by atoms with Gasteiger partial charge >= 0.3 is 0 Å². The molecule has 0 aromatic rings. The number of nitrogens with zero attached hydrogens (tertiary/aromatic N) is 1. The Hall–Kier alpha value is -1.06. The van der Waals surface area contributed by atoms with Gasteiger partial charge in [-0.1, -0.05) is 19.3 Å². The largest absolute Gasteiger partial charge is 0.351 e. The van der Waals surface area contributed by atoms with Crippen molar-refractivity contribution in [3.8, 4) is 0 Å². The van der Waals surface area contributed by atoms with E-state index in [1.165, 1.54) is 19.3 Å². The van der Waals surface area contributed by atoms with Crippen molar-refractivity contribution < 1.29 is 4.79 Å². The summed E-state index contributed by atoms with van der Waals surface area (Å²) in [7, 11) is 0. The van der Waals surface area contributed by atoms with E-state index in [1.807, 2.05) is 6.92 Å². The average molecular weight is 251 g/mol. The van der Waals surface area contributed by atoms with E-state index < -0.39 is 5.54 Å². The summed E-state index contributed by atoms with van der Waals surface area (Å²) >= 11 is 0. The van der Waals surface area contributed by atoms with E-state index in [0.717, 1.165) is 12.8 Å². The first kappa shape index (κ1) is 13.4. The smallest absolute Gasteiger partial charge is 0.254 e. The summed E-state index contributed by atoms with van der Waals surface area (Å²) in [5.41, 5.74) is -0.641. The molecule has 1 saturated carbocycles. The molecule has 1 heterocycles. The summed E-state index contributed by atoms with van der Waals surface area (Å²) in [5, 5.41) is 6.16. The van der Waals surface area contributed by atoms with Crippen molar-refractivity contribution in [1.82, 2.24) is 10.6 Å². The topological polar surface area (TPSA) is 53.5 Å². The SMILES string of the molecule is CC(C)(C)NC1=NC(C)(C2CCCCC2)C(=O)N1. The predicted octanol–water partition coefficient (Wildman–Crippen LogP) is 2.20. The third kappa shape index (κ3) is 2.68. The number of guanidine groups is 1. The Balaban J connectivity index is 2.13. The Bertz CT molecular complexity index is 364. The zero-order chi connectivity index (χ0) is 13.4. The first-order valence-electron chi connectivity index (χ1n) is 7.01. The number of aliphatic imine (C=N–C) groups is 1. The van der Waals surface area contributed by atoms with E-state index in [-0.39, 0.29) is 11.4 Å². The average Bonchev–Trinajstić information content (AvgIpc) is 2.54. The quantitative estimate of drug-likeness (QED) is 0.750. The van der Waals surface area contributed by atoms with Crippen LogP contribution in [-0.4, -0.2) is 22.9 Å². The fourth-order valence-corrected chi connectivity index (χ4v) is 2.90. The van der Waals surface area contributed by atoms with Gasteiger partial charge in [0.1, 0.15) is 5.54 Å². The van der Waals surface area contributed by atoms with Crippen LogP contribution in [0.15, 0.2) is 4.99 Å². The van der Waals surface area contributed by atoms with E-state index in [0.29, 0.717) is 11.9 Å². The van der Waals surface area contributed by atoms with E-state index in [9.17, 15) is 4.79 Å². The molecule has 2 aliphatic rings. The molecule has 1 atom stereocenters. The van der Waals surface area contributed by atoms with E-state index in [4.69, 9.17) is 0 Å². The van der Waals surface area contributed by atoms with Crippen LogP contribution >= 0.6 is 0 Å². The molecule has 0 bridgehead atoms. The highest BCUT2D eigenvalue weighted by atomic mass is 16.2. The minimum Gasteiger partial charge on any atom is -0.351 e. The Morgan fingerprint density at radius 3 is 2.44 bits per heavy atom. The van der Waals surface area contributed by atoms with E-state index in [2.05, 4.69) is 36.4 Å². The molecular formula is C14H25N3O. The molecule has 2 rings (SSSR count).